The molecule has 0 spiro atoms. The summed E-state index contributed by atoms with van der Waals surface area (Å²) in [6.07, 6.45) is 2.60. The predicted molar refractivity (Wildman–Crippen MR) is 69.6 cm³/mol. The number of pyridine rings is 1. The van der Waals surface area contributed by atoms with Crippen LogP contribution < -0.4 is 5.32 Å². The molecule has 1 N–H and O–H groups in total. The molecule has 18 heavy (non-hydrogen) atoms. The van der Waals surface area contributed by atoms with E-state index in [4.69, 9.17) is 0 Å². The Kier molecular flexibility index (Phi) is 2.59. The number of benzene rings is 1. The molecule has 92 valence electrons. The van der Waals surface area contributed by atoms with Gasteiger partial charge in [0.05, 0.1) is 10.4 Å². The van der Waals surface area contributed by atoms with Gasteiger partial charge in [0.2, 0.25) is 0 Å². The van der Waals surface area contributed by atoms with E-state index in [0.717, 1.165) is 29.2 Å². The summed E-state index contributed by atoms with van der Waals surface area (Å²) in [5.74, 6) is 1.63. The van der Waals surface area contributed by atoms with Crippen molar-refractivity contribution >= 4 is 22.4 Å². The van der Waals surface area contributed by atoms with Crippen molar-refractivity contribution in [3.63, 3.8) is 0 Å². The van der Waals surface area contributed by atoms with Gasteiger partial charge in [-0.2, -0.15) is 0 Å². The van der Waals surface area contributed by atoms with Crippen LogP contribution in [0.15, 0.2) is 30.3 Å². The van der Waals surface area contributed by atoms with Crippen LogP contribution in [0.25, 0.3) is 10.9 Å². The fraction of sp³-hybridized carbons (Fsp3) is 0.308. The van der Waals surface area contributed by atoms with Crippen LogP contribution in [0, 0.1) is 16.0 Å². The Morgan fingerprint density at radius 2 is 2.17 bits per heavy atom. The predicted octanol–water partition coefficient (Wildman–Crippen LogP) is 2.96. The van der Waals surface area contributed by atoms with Crippen LogP contribution in [0.4, 0.5) is 11.5 Å². The van der Waals surface area contributed by atoms with Gasteiger partial charge in [-0.05, 0) is 37.0 Å². The van der Waals surface area contributed by atoms with Crippen molar-refractivity contribution in [2.24, 2.45) is 5.92 Å². The first-order chi connectivity index (χ1) is 8.72. The SMILES string of the molecule is O=[N+]([O-])c1ccc2nc(NCC3CC3)ccc2c1. The standard InChI is InChI=1S/C13H13N3O2/c17-16(18)11-4-5-12-10(7-11)3-6-13(15-12)14-8-9-1-2-9/h3-7,9H,1-2,8H2,(H,14,15). The molecule has 1 aromatic heterocycles. The van der Waals surface area contributed by atoms with Crippen molar-refractivity contribution in [1.82, 2.24) is 4.98 Å². The second-order valence-electron chi connectivity index (χ2n) is 4.65. The molecule has 0 amide bonds. The summed E-state index contributed by atoms with van der Waals surface area (Å²) in [7, 11) is 0. The number of rotatable bonds is 4. The van der Waals surface area contributed by atoms with E-state index < -0.39 is 4.92 Å². The summed E-state index contributed by atoms with van der Waals surface area (Å²) in [5, 5.41) is 14.8. The Morgan fingerprint density at radius 3 is 2.89 bits per heavy atom. The second-order valence-corrected chi connectivity index (χ2v) is 4.65. The third-order valence-electron chi connectivity index (χ3n) is 3.15. The number of non-ortho nitro benzene ring substituents is 1. The monoisotopic (exact) mass is 243 g/mol. The Labute approximate surface area is 104 Å². The van der Waals surface area contributed by atoms with E-state index in [1.165, 1.54) is 18.9 Å². The highest BCUT2D eigenvalue weighted by molar-refractivity contribution is 5.82. The van der Waals surface area contributed by atoms with Crippen LogP contribution in [0.1, 0.15) is 12.8 Å². The van der Waals surface area contributed by atoms with Gasteiger partial charge >= 0.3 is 0 Å². The summed E-state index contributed by atoms with van der Waals surface area (Å²) in [4.78, 5) is 14.7. The van der Waals surface area contributed by atoms with Crippen LogP contribution in [0.5, 0.6) is 0 Å². The van der Waals surface area contributed by atoms with Crippen LogP contribution in [-0.2, 0) is 0 Å². The minimum Gasteiger partial charge on any atom is -0.370 e. The van der Waals surface area contributed by atoms with E-state index in [2.05, 4.69) is 10.3 Å². The molecule has 1 heterocycles. The Hall–Kier alpha value is -2.17. The lowest BCUT2D eigenvalue weighted by Gasteiger charge is -2.05. The third kappa shape index (κ3) is 2.25. The number of hydrogen-bond acceptors (Lipinski definition) is 4. The molecule has 0 saturated heterocycles. The third-order valence-corrected chi connectivity index (χ3v) is 3.15. The zero-order chi connectivity index (χ0) is 12.5. The van der Waals surface area contributed by atoms with E-state index in [9.17, 15) is 10.1 Å². The molecule has 0 atom stereocenters. The van der Waals surface area contributed by atoms with Gasteiger partial charge in [-0.25, -0.2) is 4.98 Å². The molecule has 1 fully saturated rings. The van der Waals surface area contributed by atoms with Crippen LogP contribution in [0.2, 0.25) is 0 Å². The summed E-state index contributed by atoms with van der Waals surface area (Å²) < 4.78 is 0. The molecule has 1 aliphatic rings. The van der Waals surface area contributed by atoms with Gasteiger partial charge < -0.3 is 5.32 Å². The molecule has 3 rings (SSSR count). The van der Waals surface area contributed by atoms with Crippen molar-refractivity contribution in [3.05, 3.63) is 40.4 Å². The molecule has 0 bridgehead atoms. The number of nitrogens with zero attached hydrogens (tertiary/aromatic N) is 2. The Morgan fingerprint density at radius 1 is 1.33 bits per heavy atom. The average Bonchev–Trinajstić information content (AvgIpc) is 3.19. The zero-order valence-corrected chi connectivity index (χ0v) is 9.80. The first kappa shape index (κ1) is 11.0. The fourth-order valence-corrected chi connectivity index (χ4v) is 1.90. The van der Waals surface area contributed by atoms with E-state index in [0.29, 0.717) is 0 Å². The van der Waals surface area contributed by atoms with Crippen LogP contribution in [0.3, 0.4) is 0 Å². The van der Waals surface area contributed by atoms with Crippen molar-refractivity contribution in [1.29, 1.82) is 0 Å². The maximum absolute atomic E-state index is 10.7. The number of aromatic nitrogens is 1. The van der Waals surface area contributed by atoms with E-state index in [-0.39, 0.29) is 5.69 Å². The number of hydrogen-bond donors (Lipinski definition) is 1. The first-order valence-electron chi connectivity index (χ1n) is 6.01. The van der Waals surface area contributed by atoms with Gasteiger partial charge in [0.1, 0.15) is 5.82 Å². The van der Waals surface area contributed by atoms with Gasteiger partial charge in [0.25, 0.3) is 5.69 Å². The largest absolute Gasteiger partial charge is 0.370 e. The number of nitro groups is 1. The molecule has 5 nitrogen and oxygen atoms in total. The number of nitro benzene ring substituents is 1. The maximum atomic E-state index is 10.7. The fourth-order valence-electron chi connectivity index (χ4n) is 1.90. The van der Waals surface area contributed by atoms with E-state index in [1.54, 1.807) is 12.1 Å². The summed E-state index contributed by atoms with van der Waals surface area (Å²) in [6.45, 7) is 0.964. The van der Waals surface area contributed by atoms with Crippen molar-refractivity contribution in [3.8, 4) is 0 Å². The second kappa shape index (κ2) is 4.25. The molecule has 1 saturated carbocycles. The van der Waals surface area contributed by atoms with Crippen molar-refractivity contribution in [2.75, 3.05) is 11.9 Å². The van der Waals surface area contributed by atoms with Gasteiger partial charge in [-0.1, -0.05) is 0 Å². The average molecular weight is 243 g/mol. The smallest absolute Gasteiger partial charge is 0.270 e. The normalized spacial score (nSPS) is 14.7. The highest BCUT2D eigenvalue weighted by Crippen LogP contribution is 2.29. The highest BCUT2D eigenvalue weighted by Gasteiger charge is 2.20. The molecular formula is C13H13N3O2. The number of anilines is 1. The first-order valence-corrected chi connectivity index (χ1v) is 6.01. The van der Waals surface area contributed by atoms with Crippen LogP contribution >= 0.6 is 0 Å². The van der Waals surface area contributed by atoms with Gasteiger partial charge in [0.15, 0.2) is 0 Å². The summed E-state index contributed by atoms with van der Waals surface area (Å²) >= 11 is 0. The minimum absolute atomic E-state index is 0.1000. The molecule has 0 radical (unpaired) electrons. The molecule has 0 aliphatic heterocycles. The number of fused-ring (bicyclic) bond motifs is 1. The molecular weight excluding hydrogens is 230 g/mol. The van der Waals surface area contributed by atoms with Crippen molar-refractivity contribution in [2.45, 2.75) is 12.8 Å². The Bertz CT molecular complexity index is 608. The van der Waals surface area contributed by atoms with Crippen molar-refractivity contribution < 1.29 is 4.92 Å². The molecule has 1 aliphatic carbocycles. The summed E-state index contributed by atoms with van der Waals surface area (Å²) in [6, 6.07) is 8.46. The molecule has 2 aromatic rings. The maximum Gasteiger partial charge on any atom is 0.270 e. The Balaban J connectivity index is 1.87. The lowest BCUT2D eigenvalue weighted by Crippen LogP contribution is -2.04. The van der Waals surface area contributed by atoms with Gasteiger partial charge in [-0.15, -0.1) is 0 Å². The lowest BCUT2D eigenvalue weighted by molar-refractivity contribution is -0.384. The quantitative estimate of drug-likeness (QED) is 0.662. The molecule has 0 unspecified atom stereocenters. The lowest BCUT2D eigenvalue weighted by atomic mass is 10.2. The zero-order valence-electron chi connectivity index (χ0n) is 9.80. The van der Waals surface area contributed by atoms with E-state index >= 15 is 0 Å². The number of nitrogens with one attached hydrogen (secondary N) is 1. The van der Waals surface area contributed by atoms with E-state index in [1.807, 2.05) is 12.1 Å². The molecule has 5 heteroatoms. The molecule has 1 aromatic carbocycles. The minimum atomic E-state index is -0.390. The summed E-state index contributed by atoms with van der Waals surface area (Å²) in [5.41, 5.74) is 0.879. The van der Waals surface area contributed by atoms with Crippen LogP contribution in [-0.4, -0.2) is 16.5 Å². The highest BCUT2D eigenvalue weighted by atomic mass is 16.6. The van der Waals surface area contributed by atoms with Gasteiger partial charge in [0, 0.05) is 24.1 Å². The topological polar surface area (TPSA) is 68.1 Å². The van der Waals surface area contributed by atoms with Gasteiger partial charge in [-0.3, -0.25) is 10.1 Å².